The molecule has 5 rings (SSSR count). The minimum atomic E-state index is -0.672. The van der Waals surface area contributed by atoms with Gasteiger partial charge in [0.25, 0.3) is 0 Å². The highest BCUT2D eigenvalue weighted by atomic mass is 16.6. The number of aryl methyl sites for hydroxylation is 1. The molecule has 2 aromatic rings. The zero-order chi connectivity index (χ0) is 25.8. The van der Waals surface area contributed by atoms with E-state index >= 15 is 0 Å². The molecule has 2 aliphatic heterocycles. The lowest BCUT2D eigenvalue weighted by Crippen LogP contribution is -2.44. The van der Waals surface area contributed by atoms with Crippen molar-refractivity contribution in [2.24, 2.45) is 12.5 Å². The van der Waals surface area contributed by atoms with E-state index in [-0.39, 0.29) is 29.5 Å². The summed E-state index contributed by atoms with van der Waals surface area (Å²) in [7, 11) is 1.73. The standard InChI is InChI=1S/C27H36N4O5/c1-26(2,3)36-25(35)30-14-13-27(16-30)11-9-17(10-12-27)18-5-6-19-21(15-18)29(4)24(34)31(19)20-7-8-22(32)28-23(20)33/h5-6,15,17,20H,7-14,16H2,1-4H3,(H,28,32,33). The first-order valence-electron chi connectivity index (χ1n) is 13.0. The van der Waals surface area contributed by atoms with Crippen molar-refractivity contribution in [3.8, 4) is 0 Å². The molecule has 3 heterocycles. The minimum absolute atomic E-state index is 0.166. The van der Waals surface area contributed by atoms with E-state index in [9.17, 15) is 19.2 Å². The molecule has 1 spiro atoms. The Labute approximate surface area is 210 Å². The van der Waals surface area contributed by atoms with Crippen molar-refractivity contribution >= 4 is 28.9 Å². The molecular formula is C27H36N4O5. The summed E-state index contributed by atoms with van der Waals surface area (Å²) >= 11 is 0. The Morgan fingerprint density at radius 2 is 1.78 bits per heavy atom. The molecule has 1 aliphatic carbocycles. The fourth-order valence-corrected chi connectivity index (χ4v) is 6.25. The van der Waals surface area contributed by atoms with Crippen LogP contribution in [0, 0.1) is 5.41 Å². The van der Waals surface area contributed by atoms with Crippen LogP contribution in [-0.4, -0.2) is 50.6 Å². The number of carbonyl (C=O) groups is 3. The van der Waals surface area contributed by atoms with Crippen LogP contribution in [0.4, 0.5) is 4.79 Å². The molecule has 36 heavy (non-hydrogen) atoms. The van der Waals surface area contributed by atoms with Gasteiger partial charge in [-0.15, -0.1) is 0 Å². The molecule has 2 saturated heterocycles. The van der Waals surface area contributed by atoms with Gasteiger partial charge < -0.3 is 9.64 Å². The number of imide groups is 1. The maximum absolute atomic E-state index is 13.1. The summed E-state index contributed by atoms with van der Waals surface area (Å²) in [5.74, 6) is -0.317. The second kappa shape index (κ2) is 8.78. The first-order valence-corrected chi connectivity index (χ1v) is 13.0. The van der Waals surface area contributed by atoms with Crippen molar-refractivity contribution in [1.29, 1.82) is 0 Å². The van der Waals surface area contributed by atoms with Crippen LogP contribution in [0.2, 0.25) is 0 Å². The molecule has 0 radical (unpaired) electrons. The predicted molar refractivity (Wildman–Crippen MR) is 135 cm³/mol. The molecule has 1 N–H and O–H groups in total. The van der Waals surface area contributed by atoms with Crippen LogP contribution in [0.1, 0.15) is 83.2 Å². The van der Waals surface area contributed by atoms with E-state index in [0.717, 1.165) is 56.2 Å². The second-order valence-corrected chi connectivity index (χ2v) is 11.9. The van der Waals surface area contributed by atoms with Crippen LogP contribution >= 0.6 is 0 Å². The number of hydrogen-bond donors (Lipinski definition) is 1. The molecule has 194 valence electrons. The van der Waals surface area contributed by atoms with Crippen LogP contribution in [-0.2, 0) is 21.4 Å². The van der Waals surface area contributed by atoms with Gasteiger partial charge in [-0.05, 0) is 88.3 Å². The van der Waals surface area contributed by atoms with Crippen molar-refractivity contribution in [3.63, 3.8) is 0 Å². The van der Waals surface area contributed by atoms with Crippen LogP contribution < -0.4 is 11.0 Å². The smallest absolute Gasteiger partial charge is 0.410 e. The lowest BCUT2D eigenvalue weighted by Gasteiger charge is -2.37. The average Bonchev–Trinajstić information content (AvgIpc) is 3.33. The van der Waals surface area contributed by atoms with Crippen molar-refractivity contribution < 1.29 is 19.1 Å². The normalized spacial score (nSPS) is 27.1. The van der Waals surface area contributed by atoms with E-state index in [0.29, 0.717) is 12.3 Å². The first-order chi connectivity index (χ1) is 17.0. The summed E-state index contributed by atoms with van der Waals surface area (Å²) in [6.45, 7) is 7.20. The SMILES string of the molecule is Cn1c(=O)n(C2CCC(=O)NC2=O)c2ccc(C3CCC4(CC3)CCN(C(=O)OC(C)(C)C)C4)cc21. The van der Waals surface area contributed by atoms with Crippen molar-refractivity contribution in [1.82, 2.24) is 19.4 Å². The Bertz CT molecular complexity index is 1280. The molecule has 1 atom stereocenters. The lowest BCUT2D eigenvalue weighted by molar-refractivity contribution is -0.135. The van der Waals surface area contributed by atoms with Gasteiger partial charge in [0, 0.05) is 26.6 Å². The highest BCUT2D eigenvalue weighted by Gasteiger charge is 2.43. The third kappa shape index (κ3) is 4.44. The summed E-state index contributed by atoms with van der Waals surface area (Å²) in [6.07, 6.45) is 5.56. The third-order valence-electron chi connectivity index (χ3n) is 8.24. The summed E-state index contributed by atoms with van der Waals surface area (Å²) < 4.78 is 8.71. The minimum Gasteiger partial charge on any atom is -0.444 e. The number of nitrogens with zero attached hydrogens (tertiary/aromatic N) is 3. The predicted octanol–water partition coefficient (Wildman–Crippen LogP) is 3.60. The number of nitrogens with one attached hydrogen (secondary N) is 1. The summed E-state index contributed by atoms with van der Waals surface area (Å²) in [5.41, 5.74) is 2.17. The van der Waals surface area contributed by atoms with Crippen molar-refractivity contribution in [2.75, 3.05) is 13.1 Å². The number of aromatic nitrogens is 2. The maximum atomic E-state index is 13.1. The van der Waals surface area contributed by atoms with Gasteiger partial charge in [0.1, 0.15) is 11.6 Å². The van der Waals surface area contributed by atoms with Gasteiger partial charge >= 0.3 is 11.8 Å². The molecule has 1 saturated carbocycles. The number of likely N-dealkylation sites (tertiary alicyclic amines) is 1. The molecule has 9 heteroatoms. The molecule has 0 bridgehead atoms. The average molecular weight is 497 g/mol. The molecule has 3 amide bonds. The van der Waals surface area contributed by atoms with Gasteiger partial charge in [0.05, 0.1) is 11.0 Å². The van der Waals surface area contributed by atoms with E-state index in [1.807, 2.05) is 31.7 Å². The molecule has 1 aromatic heterocycles. The van der Waals surface area contributed by atoms with E-state index in [4.69, 9.17) is 4.74 Å². The number of ether oxygens (including phenoxy) is 1. The van der Waals surface area contributed by atoms with Crippen molar-refractivity contribution in [3.05, 3.63) is 34.2 Å². The quantitative estimate of drug-likeness (QED) is 0.640. The summed E-state index contributed by atoms with van der Waals surface area (Å²) in [4.78, 5) is 51.5. The monoisotopic (exact) mass is 496 g/mol. The number of piperidine rings is 1. The molecule has 3 fully saturated rings. The van der Waals surface area contributed by atoms with Gasteiger partial charge in [0.2, 0.25) is 11.8 Å². The summed E-state index contributed by atoms with van der Waals surface area (Å²) in [5, 5.41) is 2.36. The largest absolute Gasteiger partial charge is 0.444 e. The highest BCUT2D eigenvalue weighted by molar-refractivity contribution is 6.00. The third-order valence-corrected chi connectivity index (χ3v) is 8.24. The zero-order valence-corrected chi connectivity index (χ0v) is 21.6. The Morgan fingerprint density at radius 1 is 1.06 bits per heavy atom. The molecule has 1 aromatic carbocycles. The van der Waals surface area contributed by atoms with Gasteiger partial charge in [-0.3, -0.25) is 24.0 Å². The first kappa shape index (κ1) is 24.6. The number of benzene rings is 1. The number of rotatable bonds is 2. The number of carbonyl (C=O) groups excluding carboxylic acids is 3. The molecular weight excluding hydrogens is 460 g/mol. The number of hydrogen-bond acceptors (Lipinski definition) is 5. The van der Waals surface area contributed by atoms with Crippen LogP contribution in [0.5, 0.6) is 0 Å². The lowest BCUT2D eigenvalue weighted by atomic mass is 9.68. The van der Waals surface area contributed by atoms with Gasteiger partial charge in [-0.1, -0.05) is 6.07 Å². The Kier molecular flexibility index (Phi) is 6.00. The van der Waals surface area contributed by atoms with Crippen LogP contribution in [0.25, 0.3) is 11.0 Å². The van der Waals surface area contributed by atoms with Gasteiger partial charge in [-0.25, -0.2) is 9.59 Å². The molecule has 9 nitrogen and oxygen atoms in total. The van der Waals surface area contributed by atoms with Crippen LogP contribution in [0.15, 0.2) is 23.0 Å². The van der Waals surface area contributed by atoms with E-state index in [1.165, 1.54) is 10.1 Å². The Hall–Kier alpha value is -3.10. The summed E-state index contributed by atoms with van der Waals surface area (Å²) in [6, 6.07) is 5.44. The second-order valence-electron chi connectivity index (χ2n) is 11.9. The van der Waals surface area contributed by atoms with Crippen LogP contribution in [0.3, 0.4) is 0 Å². The Balaban J connectivity index is 1.31. The van der Waals surface area contributed by atoms with E-state index in [1.54, 1.807) is 11.6 Å². The molecule has 1 unspecified atom stereocenters. The van der Waals surface area contributed by atoms with Crippen molar-refractivity contribution in [2.45, 2.75) is 83.3 Å². The topological polar surface area (TPSA) is 103 Å². The molecule has 3 aliphatic rings. The van der Waals surface area contributed by atoms with Gasteiger partial charge in [0.15, 0.2) is 0 Å². The maximum Gasteiger partial charge on any atom is 0.410 e. The number of amides is 3. The van der Waals surface area contributed by atoms with E-state index < -0.39 is 17.6 Å². The van der Waals surface area contributed by atoms with E-state index in [2.05, 4.69) is 17.4 Å². The zero-order valence-electron chi connectivity index (χ0n) is 21.6. The number of imidazole rings is 1. The Morgan fingerprint density at radius 3 is 2.44 bits per heavy atom. The fraction of sp³-hybridized carbons (Fsp3) is 0.630. The van der Waals surface area contributed by atoms with Gasteiger partial charge in [-0.2, -0.15) is 0 Å². The highest BCUT2D eigenvalue weighted by Crippen LogP contribution is 2.48. The number of fused-ring (bicyclic) bond motifs is 1. The fourth-order valence-electron chi connectivity index (χ4n) is 6.25.